The summed E-state index contributed by atoms with van der Waals surface area (Å²) in [5.41, 5.74) is 0.544. The molecule has 0 unspecified atom stereocenters. The minimum atomic E-state index is -0.540. The maximum atomic E-state index is 11.0. The van der Waals surface area contributed by atoms with E-state index in [0.717, 1.165) is 0 Å². The highest BCUT2D eigenvalue weighted by molar-refractivity contribution is 6.19. The van der Waals surface area contributed by atoms with Gasteiger partial charge in [0.15, 0.2) is 5.78 Å². The maximum Gasteiger partial charge on any atom is 0.331 e. The van der Waals surface area contributed by atoms with Crippen LogP contribution in [0.3, 0.4) is 0 Å². The van der Waals surface area contributed by atoms with E-state index in [2.05, 4.69) is 9.99 Å². The Bertz CT molecular complexity index is 352. The summed E-state index contributed by atoms with van der Waals surface area (Å²) in [6.45, 7) is 0.862. The van der Waals surface area contributed by atoms with E-state index in [1.807, 2.05) is 0 Å². The Morgan fingerprint density at radius 3 is 2.86 bits per heavy atom. The number of ketones is 1. The van der Waals surface area contributed by atoms with Crippen molar-refractivity contribution in [1.29, 1.82) is 0 Å². The number of allylic oxidation sites excluding steroid dienone is 3. The van der Waals surface area contributed by atoms with Crippen LogP contribution in [-0.4, -0.2) is 29.2 Å². The predicted octanol–water partition coefficient (Wildman–Crippen LogP) is -0.0369. The molecule has 0 bridgehead atoms. The molecule has 0 spiro atoms. The molecule has 0 aromatic rings. The lowest BCUT2D eigenvalue weighted by molar-refractivity contribution is -0.140. The molecule has 0 aliphatic heterocycles. The SMILES string of the molecule is CC(=O)ON=C1C=CC(=O)C(CO)=C1. The molecule has 1 aliphatic carbocycles. The highest BCUT2D eigenvalue weighted by Crippen LogP contribution is 2.05. The zero-order valence-electron chi connectivity index (χ0n) is 7.56. The molecule has 0 aromatic heterocycles. The monoisotopic (exact) mass is 195 g/mol. The standard InChI is InChI=1S/C9H9NO4/c1-6(12)14-10-8-2-3-9(13)7(4-8)5-11/h2-4,11H,5H2,1H3. The minimum absolute atomic E-state index is 0.221. The predicted molar refractivity (Wildman–Crippen MR) is 48.5 cm³/mol. The van der Waals surface area contributed by atoms with Gasteiger partial charge in [-0.15, -0.1) is 0 Å². The van der Waals surface area contributed by atoms with Crippen molar-refractivity contribution in [2.45, 2.75) is 6.92 Å². The van der Waals surface area contributed by atoms with Gasteiger partial charge in [-0.05, 0) is 18.2 Å². The summed E-state index contributed by atoms with van der Waals surface area (Å²) in [5.74, 6) is -0.809. The Labute approximate surface area is 80.4 Å². The van der Waals surface area contributed by atoms with Gasteiger partial charge in [0.25, 0.3) is 0 Å². The first-order valence-corrected chi connectivity index (χ1v) is 3.93. The minimum Gasteiger partial charge on any atom is -0.392 e. The van der Waals surface area contributed by atoms with Gasteiger partial charge in [0.05, 0.1) is 6.61 Å². The fourth-order valence-corrected chi connectivity index (χ4v) is 0.863. The van der Waals surface area contributed by atoms with Crippen molar-refractivity contribution in [2.75, 3.05) is 6.61 Å². The van der Waals surface area contributed by atoms with Crippen molar-refractivity contribution in [2.24, 2.45) is 5.16 Å². The third-order valence-electron chi connectivity index (χ3n) is 1.49. The van der Waals surface area contributed by atoms with Crippen LogP contribution in [0, 0.1) is 0 Å². The van der Waals surface area contributed by atoms with E-state index in [-0.39, 0.29) is 18.0 Å². The van der Waals surface area contributed by atoms with E-state index in [1.165, 1.54) is 25.2 Å². The summed E-state index contributed by atoms with van der Waals surface area (Å²) < 4.78 is 0. The second kappa shape index (κ2) is 4.48. The average molecular weight is 195 g/mol. The van der Waals surface area contributed by atoms with Crippen LogP contribution in [-0.2, 0) is 14.4 Å². The van der Waals surface area contributed by atoms with Crippen LogP contribution in [0.1, 0.15) is 6.92 Å². The summed E-state index contributed by atoms with van der Waals surface area (Å²) in [5, 5.41) is 12.2. The van der Waals surface area contributed by atoms with E-state index in [4.69, 9.17) is 5.11 Å². The van der Waals surface area contributed by atoms with Crippen molar-refractivity contribution >= 4 is 17.5 Å². The third-order valence-corrected chi connectivity index (χ3v) is 1.49. The number of hydrogen-bond acceptors (Lipinski definition) is 5. The Kier molecular flexibility index (Phi) is 3.30. The first-order chi connectivity index (χ1) is 6.63. The topological polar surface area (TPSA) is 76.0 Å². The van der Waals surface area contributed by atoms with Gasteiger partial charge in [-0.2, -0.15) is 0 Å². The van der Waals surface area contributed by atoms with Crippen LogP contribution in [0.5, 0.6) is 0 Å². The number of nitrogens with zero attached hydrogens (tertiary/aromatic N) is 1. The molecule has 1 N–H and O–H groups in total. The number of oxime groups is 1. The number of hydrogen-bond donors (Lipinski definition) is 1. The van der Waals surface area contributed by atoms with Crippen LogP contribution in [0.2, 0.25) is 0 Å². The molecule has 0 aromatic carbocycles. The molecule has 1 rings (SSSR count). The van der Waals surface area contributed by atoms with Gasteiger partial charge in [0, 0.05) is 12.5 Å². The number of rotatable bonds is 2. The van der Waals surface area contributed by atoms with Gasteiger partial charge in [-0.1, -0.05) is 5.16 Å². The molecule has 0 amide bonds. The Morgan fingerprint density at radius 2 is 2.29 bits per heavy atom. The first kappa shape index (κ1) is 10.3. The molecule has 0 saturated carbocycles. The Morgan fingerprint density at radius 1 is 1.57 bits per heavy atom. The van der Waals surface area contributed by atoms with Gasteiger partial charge in [0.1, 0.15) is 5.71 Å². The fourth-order valence-electron chi connectivity index (χ4n) is 0.863. The first-order valence-electron chi connectivity index (χ1n) is 3.93. The quantitative estimate of drug-likeness (QED) is 0.381. The van der Waals surface area contributed by atoms with Crippen molar-refractivity contribution in [3.05, 3.63) is 23.8 Å². The molecular weight excluding hydrogens is 186 g/mol. The molecule has 0 heterocycles. The van der Waals surface area contributed by atoms with Crippen molar-refractivity contribution in [1.82, 2.24) is 0 Å². The van der Waals surface area contributed by atoms with Crippen molar-refractivity contribution < 1.29 is 19.5 Å². The summed E-state index contributed by atoms with van der Waals surface area (Å²) >= 11 is 0. The third kappa shape index (κ3) is 2.63. The Balaban J connectivity index is 2.78. The zero-order chi connectivity index (χ0) is 10.6. The van der Waals surface area contributed by atoms with E-state index >= 15 is 0 Å². The fraction of sp³-hybridized carbons (Fsp3) is 0.222. The van der Waals surface area contributed by atoms with E-state index in [9.17, 15) is 9.59 Å². The van der Waals surface area contributed by atoms with Crippen molar-refractivity contribution in [3.8, 4) is 0 Å². The lowest BCUT2D eigenvalue weighted by Crippen LogP contribution is -2.11. The van der Waals surface area contributed by atoms with E-state index < -0.39 is 5.97 Å². The van der Waals surface area contributed by atoms with Crippen molar-refractivity contribution in [3.63, 3.8) is 0 Å². The highest BCUT2D eigenvalue weighted by atomic mass is 16.7. The number of carbonyl (C=O) groups is 2. The molecule has 0 radical (unpaired) electrons. The molecule has 5 heteroatoms. The second-order valence-corrected chi connectivity index (χ2v) is 2.62. The molecule has 1 aliphatic rings. The lowest BCUT2D eigenvalue weighted by atomic mass is 10.0. The molecule has 14 heavy (non-hydrogen) atoms. The van der Waals surface area contributed by atoms with Crippen LogP contribution in [0.4, 0.5) is 0 Å². The molecule has 0 atom stereocenters. The normalized spacial score (nSPS) is 18.3. The summed E-state index contributed by atoms with van der Waals surface area (Å²) in [7, 11) is 0. The van der Waals surface area contributed by atoms with Gasteiger partial charge in [0.2, 0.25) is 0 Å². The zero-order valence-corrected chi connectivity index (χ0v) is 7.56. The Hall–Kier alpha value is -1.75. The highest BCUT2D eigenvalue weighted by Gasteiger charge is 2.11. The van der Waals surface area contributed by atoms with E-state index in [1.54, 1.807) is 0 Å². The van der Waals surface area contributed by atoms with Gasteiger partial charge in [-0.25, -0.2) is 4.79 Å². The molecule has 5 nitrogen and oxygen atoms in total. The molecule has 0 fully saturated rings. The summed E-state index contributed by atoms with van der Waals surface area (Å²) in [6, 6.07) is 0. The van der Waals surface area contributed by atoms with Crippen LogP contribution in [0.25, 0.3) is 0 Å². The number of aliphatic hydroxyl groups is 1. The summed E-state index contributed by atoms with van der Waals surface area (Å²) in [4.78, 5) is 25.8. The van der Waals surface area contributed by atoms with E-state index in [0.29, 0.717) is 5.71 Å². The second-order valence-electron chi connectivity index (χ2n) is 2.62. The van der Waals surface area contributed by atoms with Gasteiger partial charge >= 0.3 is 5.97 Å². The molecular formula is C9H9NO4. The lowest BCUT2D eigenvalue weighted by Gasteiger charge is -2.04. The van der Waals surface area contributed by atoms with Crippen LogP contribution >= 0.6 is 0 Å². The van der Waals surface area contributed by atoms with Gasteiger partial charge < -0.3 is 9.94 Å². The van der Waals surface area contributed by atoms with Crippen LogP contribution < -0.4 is 0 Å². The van der Waals surface area contributed by atoms with Crippen LogP contribution in [0.15, 0.2) is 29.0 Å². The average Bonchev–Trinajstić information content (AvgIpc) is 2.16. The molecule has 0 saturated heterocycles. The summed E-state index contributed by atoms with van der Waals surface area (Å²) in [6.07, 6.45) is 4.03. The number of aliphatic hydroxyl groups excluding tert-OH is 1. The number of carbonyl (C=O) groups excluding carboxylic acids is 2. The van der Waals surface area contributed by atoms with Gasteiger partial charge in [-0.3, -0.25) is 4.79 Å². The molecule has 74 valence electrons. The smallest absolute Gasteiger partial charge is 0.331 e. The largest absolute Gasteiger partial charge is 0.392 e. The maximum absolute atomic E-state index is 11.0.